The van der Waals surface area contributed by atoms with Gasteiger partial charge in [0.05, 0.1) is 10.7 Å². The zero-order valence-electron chi connectivity index (χ0n) is 10.7. The maximum Gasteiger partial charge on any atom is 0.321 e. The molecule has 2 aromatic rings. The molecule has 0 saturated heterocycles. The molecule has 2 rings (SSSR count). The van der Waals surface area contributed by atoms with E-state index in [1.165, 1.54) is 36.0 Å². The van der Waals surface area contributed by atoms with Crippen LogP contribution in [0.15, 0.2) is 57.9 Å². The first-order valence-electron chi connectivity index (χ1n) is 5.88. The zero-order chi connectivity index (χ0) is 15.2. The zero-order valence-corrected chi connectivity index (χ0v) is 13.1. The van der Waals surface area contributed by atoms with E-state index in [0.29, 0.717) is 5.75 Å². The molecule has 0 heterocycles. The minimum absolute atomic E-state index is 0.0426. The standard InChI is InChI=1S/C14H10BrNO4S/c15-10-1-7-13(8-2-10)21-9-14(17)20-12-5-3-11(4-6-12)16(18)19/h1-8H,9H2. The summed E-state index contributed by atoms with van der Waals surface area (Å²) in [7, 11) is 0. The molecule has 2 aromatic carbocycles. The van der Waals surface area contributed by atoms with Gasteiger partial charge in [-0.1, -0.05) is 15.9 Å². The summed E-state index contributed by atoms with van der Waals surface area (Å²) < 4.78 is 6.08. The lowest BCUT2D eigenvalue weighted by atomic mass is 10.3. The number of rotatable bonds is 5. The monoisotopic (exact) mass is 367 g/mol. The molecule has 0 bridgehead atoms. The summed E-state index contributed by atoms with van der Waals surface area (Å²) >= 11 is 4.70. The molecule has 0 N–H and O–H groups in total. The van der Waals surface area contributed by atoms with Crippen LogP contribution in [-0.4, -0.2) is 16.6 Å². The minimum atomic E-state index is -0.505. The third-order valence-electron chi connectivity index (χ3n) is 2.45. The average Bonchev–Trinajstić information content (AvgIpc) is 2.47. The van der Waals surface area contributed by atoms with Gasteiger partial charge in [0, 0.05) is 21.5 Å². The summed E-state index contributed by atoms with van der Waals surface area (Å²) in [6, 6.07) is 13.0. The lowest BCUT2D eigenvalue weighted by Gasteiger charge is -2.04. The third-order valence-corrected chi connectivity index (χ3v) is 3.96. The minimum Gasteiger partial charge on any atom is -0.426 e. The van der Waals surface area contributed by atoms with Crippen LogP contribution in [0.3, 0.4) is 0 Å². The predicted molar refractivity (Wildman–Crippen MR) is 83.6 cm³/mol. The second-order valence-corrected chi connectivity index (χ2v) is 5.93. The fourth-order valence-corrected chi connectivity index (χ4v) is 2.41. The van der Waals surface area contributed by atoms with Gasteiger partial charge in [-0.05, 0) is 36.4 Å². The molecule has 0 aliphatic rings. The highest BCUT2D eigenvalue weighted by Gasteiger charge is 2.08. The van der Waals surface area contributed by atoms with Gasteiger partial charge < -0.3 is 4.74 Å². The van der Waals surface area contributed by atoms with Gasteiger partial charge in [0.15, 0.2) is 0 Å². The third kappa shape index (κ3) is 4.87. The van der Waals surface area contributed by atoms with Gasteiger partial charge in [-0.15, -0.1) is 11.8 Å². The van der Waals surface area contributed by atoms with E-state index in [9.17, 15) is 14.9 Å². The number of non-ortho nitro benzene ring substituents is 1. The number of hydrogen-bond acceptors (Lipinski definition) is 5. The molecular weight excluding hydrogens is 358 g/mol. The molecule has 0 fully saturated rings. The summed E-state index contributed by atoms with van der Waals surface area (Å²) in [5.74, 6) is 0.0531. The largest absolute Gasteiger partial charge is 0.426 e. The molecule has 21 heavy (non-hydrogen) atoms. The fraction of sp³-hybridized carbons (Fsp3) is 0.0714. The van der Waals surface area contributed by atoms with Crippen molar-refractivity contribution in [2.45, 2.75) is 4.90 Å². The highest BCUT2D eigenvalue weighted by atomic mass is 79.9. The topological polar surface area (TPSA) is 69.4 Å². The van der Waals surface area contributed by atoms with Crippen molar-refractivity contribution in [1.82, 2.24) is 0 Å². The molecule has 0 radical (unpaired) electrons. The van der Waals surface area contributed by atoms with Gasteiger partial charge >= 0.3 is 5.97 Å². The van der Waals surface area contributed by atoms with E-state index in [2.05, 4.69) is 15.9 Å². The van der Waals surface area contributed by atoms with Crippen molar-refractivity contribution in [2.75, 3.05) is 5.75 Å². The van der Waals surface area contributed by atoms with Crippen LogP contribution in [0.4, 0.5) is 5.69 Å². The van der Waals surface area contributed by atoms with Crippen molar-refractivity contribution < 1.29 is 14.5 Å². The molecule has 0 aliphatic carbocycles. The van der Waals surface area contributed by atoms with E-state index in [0.717, 1.165) is 9.37 Å². The van der Waals surface area contributed by atoms with Crippen molar-refractivity contribution in [3.63, 3.8) is 0 Å². The van der Waals surface area contributed by atoms with Crippen LogP contribution in [0.5, 0.6) is 5.75 Å². The SMILES string of the molecule is O=C(CSc1ccc(Br)cc1)Oc1ccc([N+](=O)[O-])cc1. The maximum absolute atomic E-state index is 11.7. The lowest BCUT2D eigenvalue weighted by molar-refractivity contribution is -0.384. The van der Waals surface area contributed by atoms with Gasteiger partial charge in [0.1, 0.15) is 5.75 Å². The smallest absolute Gasteiger partial charge is 0.321 e. The summed E-state index contributed by atoms with van der Waals surface area (Å²) in [6.07, 6.45) is 0. The molecule has 0 saturated carbocycles. The lowest BCUT2D eigenvalue weighted by Crippen LogP contribution is -2.10. The van der Waals surface area contributed by atoms with Crippen molar-refractivity contribution in [1.29, 1.82) is 0 Å². The Morgan fingerprint density at radius 3 is 2.33 bits per heavy atom. The molecule has 0 spiro atoms. The number of thioether (sulfide) groups is 1. The van der Waals surface area contributed by atoms with E-state index in [4.69, 9.17) is 4.74 Å². The number of hydrogen-bond donors (Lipinski definition) is 0. The average molecular weight is 368 g/mol. The molecule has 7 heteroatoms. The Labute approximate surface area is 133 Å². The molecule has 0 atom stereocenters. The van der Waals surface area contributed by atoms with Crippen LogP contribution in [0.2, 0.25) is 0 Å². The Hall–Kier alpha value is -1.86. The highest BCUT2D eigenvalue weighted by molar-refractivity contribution is 9.10. The first-order valence-corrected chi connectivity index (χ1v) is 7.66. The van der Waals surface area contributed by atoms with Crippen LogP contribution >= 0.6 is 27.7 Å². The van der Waals surface area contributed by atoms with Gasteiger partial charge in [-0.25, -0.2) is 0 Å². The van der Waals surface area contributed by atoms with E-state index in [1.807, 2.05) is 24.3 Å². The van der Waals surface area contributed by atoms with Gasteiger partial charge in [-0.3, -0.25) is 14.9 Å². The Balaban J connectivity index is 1.86. The van der Waals surface area contributed by atoms with Gasteiger partial charge in [0.25, 0.3) is 5.69 Å². The Morgan fingerprint density at radius 1 is 1.14 bits per heavy atom. The Bertz CT molecular complexity index is 643. The summed E-state index contributed by atoms with van der Waals surface area (Å²) in [6.45, 7) is 0. The molecule has 0 aromatic heterocycles. The van der Waals surface area contributed by atoms with Crippen LogP contribution in [0.1, 0.15) is 0 Å². The van der Waals surface area contributed by atoms with Crippen molar-refractivity contribution >= 4 is 39.3 Å². The number of nitro benzene ring substituents is 1. The van der Waals surface area contributed by atoms with Gasteiger partial charge in [-0.2, -0.15) is 0 Å². The predicted octanol–water partition coefficient (Wildman–Crippen LogP) is 4.06. The maximum atomic E-state index is 11.7. The van der Waals surface area contributed by atoms with E-state index < -0.39 is 10.9 Å². The normalized spacial score (nSPS) is 10.1. The highest BCUT2D eigenvalue weighted by Crippen LogP contribution is 2.22. The summed E-state index contributed by atoms with van der Waals surface area (Å²) in [5.41, 5.74) is -0.0426. The fourth-order valence-electron chi connectivity index (χ4n) is 1.47. The second kappa shape index (κ2) is 7.24. The number of carbonyl (C=O) groups excluding carboxylic acids is 1. The number of nitro groups is 1. The van der Waals surface area contributed by atoms with Gasteiger partial charge in [0.2, 0.25) is 0 Å². The van der Waals surface area contributed by atoms with E-state index >= 15 is 0 Å². The number of halogens is 1. The molecule has 0 amide bonds. The molecule has 0 aliphatic heterocycles. The quantitative estimate of drug-likeness (QED) is 0.262. The van der Waals surface area contributed by atoms with Crippen molar-refractivity contribution in [3.05, 3.63) is 63.1 Å². The van der Waals surface area contributed by atoms with E-state index in [-0.39, 0.29) is 11.4 Å². The molecule has 0 unspecified atom stereocenters. The summed E-state index contributed by atoms with van der Waals surface area (Å²) in [5, 5.41) is 10.5. The van der Waals surface area contributed by atoms with Crippen LogP contribution in [0.25, 0.3) is 0 Å². The summed E-state index contributed by atoms with van der Waals surface area (Å²) in [4.78, 5) is 22.6. The Kier molecular flexibility index (Phi) is 5.35. The first-order chi connectivity index (χ1) is 10.0. The number of carbonyl (C=O) groups is 1. The number of benzene rings is 2. The molecular formula is C14H10BrNO4S. The second-order valence-electron chi connectivity index (χ2n) is 3.97. The van der Waals surface area contributed by atoms with Crippen LogP contribution in [-0.2, 0) is 4.79 Å². The Morgan fingerprint density at radius 2 is 1.76 bits per heavy atom. The number of nitrogens with zero attached hydrogens (tertiary/aromatic N) is 1. The van der Waals surface area contributed by atoms with Crippen LogP contribution < -0.4 is 4.74 Å². The van der Waals surface area contributed by atoms with Crippen molar-refractivity contribution in [3.8, 4) is 5.75 Å². The van der Waals surface area contributed by atoms with Crippen molar-refractivity contribution in [2.24, 2.45) is 0 Å². The van der Waals surface area contributed by atoms with Crippen LogP contribution in [0, 0.1) is 10.1 Å². The molecule has 5 nitrogen and oxygen atoms in total. The number of esters is 1. The van der Waals surface area contributed by atoms with E-state index in [1.54, 1.807) is 0 Å². The molecule has 108 valence electrons. The first kappa shape index (κ1) is 15.5. The number of ether oxygens (including phenoxy) is 1.